The quantitative estimate of drug-likeness (QED) is 0.577. The van der Waals surface area contributed by atoms with Crippen LogP contribution in [-0.4, -0.2) is 6.10 Å². The molecule has 3 N–H and O–H groups in total. The smallest absolute Gasteiger partial charge is 0.119 e. The fourth-order valence-electron chi connectivity index (χ4n) is 2.88. The first-order valence-corrected chi connectivity index (χ1v) is 7.94. The molecule has 3 heteroatoms. The van der Waals surface area contributed by atoms with Crippen molar-refractivity contribution in [1.29, 1.82) is 0 Å². The maximum atomic E-state index is 5.75. The fourth-order valence-corrected chi connectivity index (χ4v) is 2.88. The van der Waals surface area contributed by atoms with Crippen LogP contribution in [0, 0.1) is 11.3 Å². The summed E-state index contributed by atoms with van der Waals surface area (Å²) in [5, 5.41) is 0. The molecular formula is C18H32N2O. The van der Waals surface area contributed by atoms with E-state index in [4.69, 9.17) is 10.6 Å². The van der Waals surface area contributed by atoms with E-state index in [1.165, 1.54) is 12.0 Å². The fraction of sp³-hybridized carbons (Fsp3) is 0.667. The van der Waals surface area contributed by atoms with Crippen molar-refractivity contribution in [2.45, 2.75) is 66.5 Å². The Morgan fingerprint density at radius 3 is 2.10 bits per heavy atom. The van der Waals surface area contributed by atoms with Gasteiger partial charge in [0.05, 0.1) is 6.10 Å². The number of nitrogens with two attached hydrogens (primary N) is 1. The number of rotatable bonds is 7. The van der Waals surface area contributed by atoms with Gasteiger partial charge in [-0.15, -0.1) is 0 Å². The number of ether oxygens (including phenoxy) is 1. The van der Waals surface area contributed by atoms with E-state index in [9.17, 15) is 0 Å². The van der Waals surface area contributed by atoms with Crippen LogP contribution in [0.1, 0.15) is 66.0 Å². The predicted octanol–water partition coefficient (Wildman–Crippen LogP) is 4.44. The van der Waals surface area contributed by atoms with E-state index in [1.807, 2.05) is 26.0 Å². The Hall–Kier alpha value is -1.06. The number of hydrogen-bond donors (Lipinski definition) is 2. The third-order valence-electron chi connectivity index (χ3n) is 3.45. The Bertz CT molecular complexity index is 406. The van der Waals surface area contributed by atoms with Crippen LogP contribution in [0.3, 0.4) is 0 Å². The summed E-state index contributed by atoms with van der Waals surface area (Å²) >= 11 is 0. The highest BCUT2D eigenvalue weighted by molar-refractivity contribution is 5.29. The van der Waals surface area contributed by atoms with Crippen molar-refractivity contribution in [3.8, 4) is 5.75 Å². The molecule has 0 saturated heterocycles. The summed E-state index contributed by atoms with van der Waals surface area (Å²) in [7, 11) is 0. The minimum absolute atomic E-state index is 0.190. The molecule has 2 unspecified atom stereocenters. The summed E-state index contributed by atoms with van der Waals surface area (Å²) in [6.45, 7) is 13.2. The van der Waals surface area contributed by atoms with E-state index in [0.29, 0.717) is 11.3 Å². The molecule has 0 amide bonds. The van der Waals surface area contributed by atoms with Crippen molar-refractivity contribution in [3.05, 3.63) is 29.8 Å². The average molecular weight is 292 g/mol. The Kier molecular flexibility index (Phi) is 6.69. The molecular weight excluding hydrogens is 260 g/mol. The second kappa shape index (κ2) is 7.81. The van der Waals surface area contributed by atoms with Crippen LogP contribution in [0.4, 0.5) is 0 Å². The predicted molar refractivity (Wildman–Crippen MR) is 90.1 cm³/mol. The van der Waals surface area contributed by atoms with Crippen molar-refractivity contribution in [2.24, 2.45) is 17.2 Å². The summed E-state index contributed by atoms with van der Waals surface area (Å²) in [4.78, 5) is 0. The number of hydrogen-bond acceptors (Lipinski definition) is 3. The van der Waals surface area contributed by atoms with Gasteiger partial charge in [0.1, 0.15) is 5.75 Å². The van der Waals surface area contributed by atoms with E-state index < -0.39 is 0 Å². The normalized spacial score (nSPS) is 15.0. The standard InChI is InChI=1S/C18H32N2O/c1-13(2)21-16-9-7-15(8-10-16)17(20-19)11-14(3)12-18(4,5)6/h7-10,13-14,17,20H,11-12,19H2,1-6H3. The van der Waals surface area contributed by atoms with Crippen LogP contribution in [-0.2, 0) is 0 Å². The van der Waals surface area contributed by atoms with Gasteiger partial charge in [0.15, 0.2) is 0 Å². The lowest BCUT2D eigenvalue weighted by molar-refractivity contribution is 0.242. The summed E-state index contributed by atoms with van der Waals surface area (Å²) < 4.78 is 5.68. The molecule has 1 aromatic rings. The van der Waals surface area contributed by atoms with E-state index in [1.54, 1.807) is 0 Å². The van der Waals surface area contributed by atoms with E-state index in [0.717, 1.165) is 12.2 Å². The molecule has 0 bridgehead atoms. The number of hydrazine groups is 1. The molecule has 1 aromatic carbocycles. The Morgan fingerprint density at radius 2 is 1.67 bits per heavy atom. The lowest BCUT2D eigenvalue weighted by atomic mass is 9.82. The van der Waals surface area contributed by atoms with Crippen molar-refractivity contribution >= 4 is 0 Å². The molecule has 0 heterocycles. The second-order valence-electron chi connectivity index (χ2n) is 7.56. The molecule has 2 atom stereocenters. The number of benzene rings is 1. The van der Waals surface area contributed by atoms with Crippen LogP contribution in [0.2, 0.25) is 0 Å². The molecule has 0 aliphatic rings. The molecule has 3 nitrogen and oxygen atoms in total. The van der Waals surface area contributed by atoms with Crippen LogP contribution < -0.4 is 16.0 Å². The molecule has 1 rings (SSSR count). The van der Waals surface area contributed by atoms with Crippen molar-refractivity contribution in [1.82, 2.24) is 5.43 Å². The van der Waals surface area contributed by atoms with Crippen molar-refractivity contribution < 1.29 is 4.74 Å². The molecule has 120 valence electrons. The van der Waals surface area contributed by atoms with Gasteiger partial charge in [-0.05, 0) is 55.7 Å². The van der Waals surface area contributed by atoms with Crippen molar-refractivity contribution in [3.63, 3.8) is 0 Å². The number of nitrogens with one attached hydrogen (secondary N) is 1. The zero-order valence-electron chi connectivity index (χ0n) is 14.4. The summed E-state index contributed by atoms with van der Waals surface area (Å²) in [6.07, 6.45) is 2.43. The third-order valence-corrected chi connectivity index (χ3v) is 3.45. The lowest BCUT2D eigenvalue weighted by Gasteiger charge is -2.26. The maximum absolute atomic E-state index is 5.75. The average Bonchev–Trinajstić information content (AvgIpc) is 2.34. The largest absolute Gasteiger partial charge is 0.491 e. The van der Waals surface area contributed by atoms with Crippen LogP contribution in [0.15, 0.2) is 24.3 Å². The minimum atomic E-state index is 0.190. The van der Waals surface area contributed by atoms with Gasteiger partial charge in [0.2, 0.25) is 0 Å². The maximum Gasteiger partial charge on any atom is 0.119 e. The highest BCUT2D eigenvalue weighted by atomic mass is 16.5. The first-order valence-electron chi connectivity index (χ1n) is 7.94. The van der Waals surface area contributed by atoms with Gasteiger partial charge in [-0.3, -0.25) is 11.3 Å². The zero-order chi connectivity index (χ0) is 16.0. The molecule has 0 fully saturated rings. The topological polar surface area (TPSA) is 47.3 Å². The zero-order valence-corrected chi connectivity index (χ0v) is 14.4. The summed E-state index contributed by atoms with van der Waals surface area (Å²) in [6, 6.07) is 8.44. The third kappa shape index (κ3) is 6.96. The van der Waals surface area contributed by atoms with Crippen LogP contribution in [0.25, 0.3) is 0 Å². The molecule has 21 heavy (non-hydrogen) atoms. The molecule has 0 aliphatic carbocycles. The Balaban J connectivity index is 2.67. The van der Waals surface area contributed by atoms with Gasteiger partial charge in [-0.1, -0.05) is 39.8 Å². The first-order chi connectivity index (χ1) is 9.71. The van der Waals surface area contributed by atoms with E-state index >= 15 is 0 Å². The first kappa shape index (κ1) is 18.0. The van der Waals surface area contributed by atoms with Crippen LogP contribution >= 0.6 is 0 Å². The molecule has 0 aliphatic heterocycles. The van der Waals surface area contributed by atoms with E-state index in [-0.39, 0.29) is 12.1 Å². The van der Waals surface area contributed by atoms with Gasteiger partial charge < -0.3 is 4.74 Å². The highest BCUT2D eigenvalue weighted by Gasteiger charge is 2.19. The van der Waals surface area contributed by atoms with Gasteiger partial charge in [0, 0.05) is 6.04 Å². The van der Waals surface area contributed by atoms with Gasteiger partial charge in [-0.25, -0.2) is 0 Å². The monoisotopic (exact) mass is 292 g/mol. The highest BCUT2D eigenvalue weighted by Crippen LogP contribution is 2.30. The molecule has 0 radical (unpaired) electrons. The molecule has 0 saturated carbocycles. The summed E-state index contributed by atoms with van der Waals surface area (Å²) in [5.74, 6) is 7.29. The van der Waals surface area contributed by atoms with Gasteiger partial charge >= 0.3 is 0 Å². The Labute approximate surface area is 130 Å². The second-order valence-corrected chi connectivity index (χ2v) is 7.56. The van der Waals surface area contributed by atoms with Crippen LogP contribution in [0.5, 0.6) is 5.75 Å². The minimum Gasteiger partial charge on any atom is -0.491 e. The van der Waals surface area contributed by atoms with Crippen molar-refractivity contribution in [2.75, 3.05) is 0 Å². The van der Waals surface area contributed by atoms with Gasteiger partial charge in [0.25, 0.3) is 0 Å². The van der Waals surface area contributed by atoms with Gasteiger partial charge in [-0.2, -0.15) is 0 Å². The molecule has 0 spiro atoms. The molecule has 0 aromatic heterocycles. The Morgan fingerprint density at radius 1 is 1.10 bits per heavy atom. The lowest BCUT2D eigenvalue weighted by Crippen LogP contribution is -2.30. The van der Waals surface area contributed by atoms with E-state index in [2.05, 4.69) is 45.3 Å². The summed E-state index contributed by atoms with van der Waals surface area (Å²) in [5.41, 5.74) is 4.53. The SMILES string of the molecule is CC(CC(NN)c1ccc(OC(C)C)cc1)CC(C)(C)C.